The molecule has 5 heteroatoms. The second-order valence-corrected chi connectivity index (χ2v) is 3.69. The number of methoxy groups -OCH3 is 1. The summed E-state index contributed by atoms with van der Waals surface area (Å²) in [5.41, 5.74) is 7.12. The van der Waals surface area contributed by atoms with Crippen LogP contribution in [0.5, 0.6) is 0 Å². The minimum Gasteiger partial charge on any atom is -0.384 e. The molecule has 1 atom stereocenters. The molecule has 0 amide bonds. The summed E-state index contributed by atoms with van der Waals surface area (Å²) in [5, 5.41) is 10.6. The Bertz CT molecular complexity index is 378. The first kappa shape index (κ1) is 12.4. The van der Waals surface area contributed by atoms with Gasteiger partial charge in [-0.15, -0.1) is 0 Å². The molecular formula is C11H18N4O. The van der Waals surface area contributed by atoms with E-state index in [1.807, 2.05) is 19.9 Å². The molecule has 0 saturated heterocycles. The molecule has 0 aliphatic heterocycles. The Morgan fingerprint density at radius 1 is 1.69 bits per heavy atom. The van der Waals surface area contributed by atoms with Crippen LogP contribution in [-0.2, 0) is 4.74 Å². The van der Waals surface area contributed by atoms with Crippen molar-refractivity contribution in [2.45, 2.75) is 20.0 Å². The molecule has 1 unspecified atom stereocenters. The molecule has 0 aliphatic carbocycles. The number of nitrogens with two attached hydrogens (primary N) is 1. The number of amidine groups is 1. The molecule has 0 bridgehead atoms. The van der Waals surface area contributed by atoms with Gasteiger partial charge >= 0.3 is 0 Å². The van der Waals surface area contributed by atoms with Gasteiger partial charge in [-0.05, 0) is 25.5 Å². The molecule has 5 nitrogen and oxygen atoms in total. The summed E-state index contributed by atoms with van der Waals surface area (Å²) in [4.78, 5) is 4.18. The SMILES string of the molecule is COC(C)CNc1nccc(C)c1C(=N)N. The van der Waals surface area contributed by atoms with Crippen LogP contribution in [-0.4, -0.2) is 30.6 Å². The number of hydrogen-bond acceptors (Lipinski definition) is 4. The number of aryl methyl sites for hydroxylation is 1. The average Bonchev–Trinajstić information content (AvgIpc) is 2.25. The van der Waals surface area contributed by atoms with Gasteiger partial charge in [0.15, 0.2) is 0 Å². The van der Waals surface area contributed by atoms with Crippen molar-refractivity contribution in [1.29, 1.82) is 5.41 Å². The van der Waals surface area contributed by atoms with Crippen molar-refractivity contribution in [3.05, 3.63) is 23.4 Å². The maximum Gasteiger partial charge on any atom is 0.137 e. The number of rotatable bonds is 5. The summed E-state index contributed by atoms with van der Waals surface area (Å²) in [6, 6.07) is 1.83. The van der Waals surface area contributed by atoms with E-state index in [9.17, 15) is 0 Å². The molecule has 0 fully saturated rings. The number of anilines is 1. The van der Waals surface area contributed by atoms with E-state index in [2.05, 4.69) is 10.3 Å². The summed E-state index contributed by atoms with van der Waals surface area (Å²) < 4.78 is 5.13. The lowest BCUT2D eigenvalue weighted by Crippen LogP contribution is -2.22. The molecule has 1 aromatic rings. The van der Waals surface area contributed by atoms with E-state index >= 15 is 0 Å². The van der Waals surface area contributed by atoms with E-state index < -0.39 is 0 Å². The van der Waals surface area contributed by atoms with Gasteiger partial charge in [-0.2, -0.15) is 0 Å². The van der Waals surface area contributed by atoms with Gasteiger partial charge in [-0.25, -0.2) is 4.98 Å². The van der Waals surface area contributed by atoms with E-state index in [4.69, 9.17) is 15.9 Å². The third-order valence-electron chi connectivity index (χ3n) is 2.39. The van der Waals surface area contributed by atoms with Crippen LogP contribution >= 0.6 is 0 Å². The van der Waals surface area contributed by atoms with Crippen LogP contribution in [0.1, 0.15) is 18.1 Å². The molecule has 88 valence electrons. The standard InChI is InChI=1S/C11H18N4O/c1-7-4-5-14-11(9(7)10(12)13)15-6-8(2)16-3/h4-5,8H,6H2,1-3H3,(H3,12,13)(H,14,15). The second-order valence-electron chi connectivity index (χ2n) is 3.69. The van der Waals surface area contributed by atoms with Crippen molar-refractivity contribution < 1.29 is 4.74 Å². The van der Waals surface area contributed by atoms with Crippen LogP contribution in [0, 0.1) is 12.3 Å². The van der Waals surface area contributed by atoms with Gasteiger partial charge in [0.05, 0.1) is 11.7 Å². The molecule has 1 aromatic heterocycles. The quantitative estimate of drug-likeness (QED) is 0.515. The summed E-state index contributed by atoms with van der Waals surface area (Å²) in [6.45, 7) is 4.49. The highest BCUT2D eigenvalue weighted by Gasteiger charge is 2.10. The highest BCUT2D eigenvalue weighted by Crippen LogP contribution is 2.15. The van der Waals surface area contributed by atoms with Gasteiger partial charge in [-0.3, -0.25) is 5.41 Å². The summed E-state index contributed by atoms with van der Waals surface area (Å²) in [5.74, 6) is 0.662. The van der Waals surface area contributed by atoms with Gasteiger partial charge in [0.2, 0.25) is 0 Å². The minimum absolute atomic E-state index is 0.0261. The molecule has 0 radical (unpaired) electrons. The molecule has 0 spiro atoms. The fourth-order valence-corrected chi connectivity index (χ4v) is 1.36. The number of nitrogens with one attached hydrogen (secondary N) is 2. The van der Waals surface area contributed by atoms with Crippen LogP contribution < -0.4 is 11.1 Å². The molecule has 4 N–H and O–H groups in total. The molecule has 1 heterocycles. The molecule has 0 aromatic carbocycles. The van der Waals surface area contributed by atoms with Crippen molar-refractivity contribution in [2.75, 3.05) is 19.0 Å². The van der Waals surface area contributed by atoms with Gasteiger partial charge in [0.25, 0.3) is 0 Å². The Hall–Kier alpha value is -1.62. The molecule has 16 heavy (non-hydrogen) atoms. The van der Waals surface area contributed by atoms with Crippen LogP contribution in [0.4, 0.5) is 5.82 Å². The third-order valence-corrected chi connectivity index (χ3v) is 2.39. The predicted octanol–water partition coefficient (Wildman–Crippen LogP) is 1.12. The fourth-order valence-electron chi connectivity index (χ4n) is 1.36. The Morgan fingerprint density at radius 3 is 2.94 bits per heavy atom. The minimum atomic E-state index is 0.0261. The van der Waals surface area contributed by atoms with Crippen molar-refractivity contribution >= 4 is 11.7 Å². The Morgan fingerprint density at radius 2 is 2.38 bits per heavy atom. The van der Waals surface area contributed by atoms with Crippen LogP contribution in [0.3, 0.4) is 0 Å². The summed E-state index contributed by atoms with van der Waals surface area (Å²) in [6.07, 6.45) is 1.78. The number of nitrogens with zero attached hydrogens (tertiary/aromatic N) is 1. The summed E-state index contributed by atoms with van der Waals surface area (Å²) in [7, 11) is 1.65. The van der Waals surface area contributed by atoms with E-state index in [0.717, 1.165) is 5.56 Å². The highest BCUT2D eigenvalue weighted by molar-refractivity contribution is 6.00. The Labute approximate surface area is 95.5 Å². The first-order valence-electron chi connectivity index (χ1n) is 5.13. The third kappa shape index (κ3) is 2.93. The first-order valence-corrected chi connectivity index (χ1v) is 5.13. The van der Waals surface area contributed by atoms with E-state index in [0.29, 0.717) is 17.9 Å². The molecule has 0 saturated carbocycles. The smallest absolute Gasteiger partial charge is 0.137 e. The van der Waals surface area contributed by atoms with Crippen molar-refractivity contribution in [1.82, 2.24) is 4.98 Å². The number of ether oxygens (including phenoxy) is 1. The van der Waals surface area contributed by atoms with Crippen LogP contribution in [0.2, 0.25) is 0 Å². The predicted molar refractivity (Wildman–Crippen MR) is 65.0 cm³/mol. The van der Waals surface area contributed by atoms with Gasteiger partial charge in [0.1, 0.15) is 11.7 Å². The normalized spacial score (nSPS) is 12.2. The van der Waals surface area contributed by atoms with E-state index in [-0.39, 0.29) is 11.9 Å². The number of pyridine rings is 1. The summed E-state index contributed by atoms with van der Waals surface area (Å²) >= 11 is 0. The molecule has 1 rings (SSSR count). The maximum absolute atomic E-state index is 7.51. The number of nitrogen functional groups attached to an aromatic ring is 1. The Balaban J connectivity index is 2.87. The number of hydrogen-bond donors (Lipinski definition) is 3. The van der Waals surface area contributed by atoms with Crippen molar-refractivity contribution in [3.8, 4) is 0 Å². The van der Waals surface area contributed by atoms with E-state index in [1.54, 1.807) is 13.3 Å². The monoisotopic (exact) mass is 222 g/mol. The van der Waals surface area contributed by atoms with Gasteiger partial charge in [-0.1, -0.05) is 0 Å². The topological polar surface area (TPSA) is 84.0 Å². The molecular weight excluding hydrogens is 204 g/mol. The molecule has 0 aliphatic rings. The fraction of sp³-hybridized carbons (Fsp3) is 0.455. The lowest BCUT2D eigenvalue weighted by molar-refractivity contribution is 0.128. The zero-order valence-corrected chi connectivity index (χ0v) is 9.87. The lowest BCUT2D eigenvalue weighted by atomic mass is 10.1. The number of aromatic nitrogens is 1. The highest BCUT2D eigenvalue weighted by atomic mass is 16.5. The van der Waals surface area contributed by atoms with Crippen molar-refractivity contribution in [2.24, 2.45) is 5.73 Å². The first-order chi connectivity index (χ1) is 7.56. The van der Waals surface area contributed by atoms with Crippen molar-refractivity contribution in [3.63, 3.8) is 0 Å². The van der Waals surface area contributed by atoms with Gasteiger partial charge < -0.3 is 15.8 Å². The zero-order chi connectivity index (χ0) is 12.1. The Kier molecular flexibility index (Phi) is 4.25. The van der Waals surface area contributed by atoms with Gasteiger partial charge in [0, 0.05) is 19.9 Å². The van der Waals surface area contributed by atoms with Crippen LogP contribution in [0.15, 0.2) is 12.3 Å². The maximum atomic E-state index is 7.51. The lowest BCUT2D eigenvalue weighted by Gasteiger charge is -2.14. The average molecular weight is 222 g/mol. The van der Waals surface area contributed by atoms with Crippen LogP contribution in [0.25, 0.3) is 0 Å². The largest absolute Gasteiger partial charge is 0.384 e. The van der Waals surface area contributed by atoms with E-state index in [1.165, 1.54) is 0 Å². The zero-order valence-electron chi connectivity index (χ0n) is 9.87. The second kappa shape index (κ2) is 5.46.